The molecule has 30 heavy (non-hydrogen) atoms. The van der Waals surface area contributed by atoms with Crippen molar-refractivity contribution in [3.63, 3.8) is 0 Å². The molecule has 3 aromatic heterocycles. The first-order valence-corrected chi connectivity index (χ1v) is 10.2. The third-order valence-corrected chi connectivity index (χ3v) is 5.92. The Hall–Kier alpha value is -3.20. The van der Waals surface area contributed by atoms with Crippen molar-refractivity contribution in [2.45, 2.75) is 37.2 Å². The maximum Gasteiger partial charge on any atom is 0.437 e. The van der Waals surface area contributed by atoms with E-state index in [4.69, 9.17) is 16.0 Å². The molecule has 0 aliphatic heterocycles. The molecule has 1 saturated carbocycles. The Labute approximate surface area is 175 Å². The van der Waals surface area contributed by atoms with Gasteiger partial charge in [0.25, 0.3) is 5.56 Å². The zero-order valence-electron chi connectivity index (χ0n) is 16.2. The monoisotopic (exact) mass is 426 g/mol. The normalized spacial score (nSPS) is 18.6. The van der Waals surface area contributed by atoms with Crippen LogP contribution in [-0.4, -0.2) is 28.9 Å². The number of aryl methyl sites for hydroxylation is 1. The molecule has 0 N–H and O–H groups in total. The molecule has 0 amide bonds. The predicted octanol–water partition coefficient (Wildman–Crippen LogP) is 2.19. The Balaban J connectivity index is 1.28. The number of rotatable bonds is 5. The van der Waals surface area contributed by atoms with Crippen LogP contribution in [-0.2, 0) is 19.5 Å². The summed E-state index contributed by atoms with van der Waals surface area (Å²) in [5.74, 6) is 0.256. The van der Waals surface area contributed by atoms with Crippen molar-refractivity contribution in [3.05, 3.63) is 74.8 Å². The number of benzene rings is 1. The largest absolute Gasteiger partial charge is 0.437 e. The van der Waals surface area contributed by atoms with Crippen LogP contribution in [0.5, 0.6) is 0 Å². The Morgan fingerprint density at radius 3 is 2.57 bits per heavy atom. The van der Waals surface area contributed by atoms with Gasteiger partial charge in [0.1, 0.15) is 12.2 Å². The fraction of sp³-hybridized carbons (Fsp3) is 0.350. The van der Waals surface area contributed by atoms with Gasteiger partial charge in [-0.25, -0.2) is 14.8 Å². The van der Waals surface area contributed by atoms with Crippen molar-refractivity contribution in [3.8, 4) is 0 Å². The molecule has 1 aliphatic carbocycles. The van der Waals surface area contributed by atoms with E-state index in [1.54, 1.807) is 22.5 Å². The summed E-state index contributed by atoms with van der Waals surface area (Å²) in [5.41, 5.74) is 3.06. The molecule has 1 aromatic carbocycles. The molecule has 3 heterocycles. The number of aromatic nitrogens is 6. The molecule has 0 bridgehead atoms. The molecule has 0 atom stereocenters. The number of alkyl halides is 1. The molecule has 0 radical (unpaired) electrons. The van der Waals surface area contributed by atoms with Crippen LogP contribution in [0.15, 0.2) is 50.9 Å². The SMILES string of the molecule is Cn1cnc2ncn(Cc3ccc(C4CC(n5nc(CCl)oc5=O)C4)cc3)c(=O)c21. The highest BCUT2D eigenvalue weighted by Gasteiger charge is 2.34. The summed E-state index contributed by atoms with van der Waals surface area (Å²) in [7, 11) is 1.78. The molecule has 1 aliphatic rings. The predicted molar refractivity (Wildman–Crippen MR) is 110 cm³/mol. The van der Waals surface area contributed by atoms with Crippen LogP contribution in [0.4, 0.5) is 0 Å². The van der Waals surface area contributed by atoms with Crippen LogP contribution in [0.3, 0.4) is 0 Å². The van der Waals surface area contributed by atoms with Crippen molar-refractivity contribution in [1.82, 2.24) is 28.9 Å². The molecule has 10 heteroatoms. The molecule has 0 unspecified atom stereocenters. The molecule has 1 fully saturated rings. The van der Waals surface area contributed by atoms with Crippen LogP contribution in [0.1, 0.15) is 41.8 Å². The number of hydrogen-bond acceptors (Lipinski definition) is 6. The van der Waals surface area contributed by atoms with Gasteiger partial charge in [0, 0.05) is 7.05 Å². The van der Waals surface area contributed by atoms with E-state index in [1.807, 2.05) is 12.1 Å². The van der Waals surface area contributed by atoms with Crippen molar-refractivity contribution in [2.24, 2.45) is 7.05 Å². The van der Waals surface area contributed by atoms with Gasteiger partial charge in [-0.05, 0) is 29.9 Å². The van der Waals surface area contributed by atoms with Gasteiger partial charge in [0.2, 0.25) is 5.89 Å². The third-order valence-electron chi connectivity index (χ3n) is 5.69. The van der Waals surface area contributed by atoms with E-state index < -0.39 is 5.76 Å². The molecular formula is C20H19ClN6O3. The van der Waals surface area contributed by atoms with Crippen LogP contribution in [0.2, 0.25) is 0 Å². The fourth-order valence-electron chi connectivity index (χ4n) is 3.95. The lowest BCUT2D eigenvalue weighted by Gasteiger charge is -2.34. The maximum atomic E-state index is 12.7. The topological polar surface area (TPSA) is 101 Å². The van der Waals surface area contributed by atoms with Gasteiger partial charge in [-0.3, -0.25) is 9.36 Å². The zero-order chi connectivity index (χ0) is 20.8. The van der Waals surface area contributed by atoms with E-state index in [9.17, 15) is 9.59 Å². The summed E-state index contributed by atoms with van der Waals surface area (Å²) in [6, 6.07) is 8.24. The smallest absolute Gasteiger partial charge is 0.391 e. The molecular weight excluding hydrogens is 408 g/mol. The first-order chi connectivity index (χ1) is 14.5. The van der Waals surface area contributed by atoms with Gasteiger partial charge in [0.05, 0.1) is 18.9 Å². The van der Waals surface area contributed by atoms with Gasteiger partial charge in [0.15, 0.2) is 11.2 Å². The molecule has 0 spiro atoms. The summed E-state index contributed by atoms with van der Waals surface area (Å²) in [6.07, 6.45) is 4.78. The van der Waals surface area contributed by atoms with Crippen molar-refractivity contribution < 1.29 is 4.42 Å². The number of nitrogens with zero attached hydrogens (tertiary/aromatic N) is 6. The van der Waals surface area contributed by atoms with Crippen LogP contribution in [0, 0.1) is 0 Å². The second-order valence-corrected chi connectivity index (χ2v) is 7.88. The minimum absolute atomic E-state index is 0.0400. The lowest BCUT2D eigenvalue weighted by Crippen LogP contribution is -2.31. The summed E-state index contributed by atoms with van der Waals surface area (Å²) < 4.78 is 9.67. The minimum atomic E-state index is -0.450. The summed E-state index contributed by atoms with van der Waals surface area (Å²) >= 11 is 5.68. The van der Waals surface area contributed by atoms with Crippen LogP contribution in [0.25, 0.3) is 11.2 Å². The first-order valence-electron chi connectivity index (χ1n) is 9.63. The minimum Gasteiger partial charge on any atom is -0.391 e. The Morgan fingerprint density at radius 1 is 1.13 bits per heavy atom. The molecule has 0 saturated heterocycles. The summed E-state index contributed by atoms with van der Waals surface area (Å²) in [4.78, 5) is 32.9. The van der Waals surface area contributed by atoms with E-state index in [2.05, 4.69) is 27.2 Å². The van der Waals surface area contributed by atoms with E-state index in [0.29, 0.717) is 23.6 Å². The zero-order valence-corrected chi connectivity index (χ0v) is 17.0. The van der Waals surface area contributed by atoms with Crippen molar-refractivity contribution >= 4 is 22.8 Å². The van der Waals surface area contributed by atoms with Crippen molar-refractivity contribution in [1.29, 1.82) is 0 Å². The number of imidazole rings is 1. The lowest BCUT2D eigenvalue weighted by molar-refractivity contribution is 0.233. The number of halogens is 1. The second kappa shape index (κ2) is 7.24. The molecule has 9 nitrogen and oxygen atoms in total. The molecule has 154 valence electrons. The van der Waals surface area contributed by atoms with Gasteiger partial charge in [-0.1, -0.05) is 24.3 Å². The standard InChI is InChI=1S/C20H19ClN6O3/c1-25-10-22-18-17(25)19(28)26(11-23-18)9-12-2-4-13(5-3-12)14-6-15(7-14)27-20(29)30-16(8-21)24-27/h2-5,10-11,14-15H,6-9H2,1H3. The Morgan fingerprint density at radius 2 is 1.87 bits per heavy atom. The van der Waals surface area contributed by atoms with E-state index in [1.165, 1.54) is 16.6 Å². The molecule has 4 aromatic rings. The van der Waals surface area contributed by atoms with Gasteiger partial charge in [-0.15, -0.1) is 16.7 Å². The highest BCUT2D eigenvalue weighted by atomic mass is 35.5. The maximum absolute atomic E-state index is 12.7. The average molecular weight is 427 g/mol. The number of fused-ring (bicyclic) bond motifs is 1. The highest BCUT2D eigenvalue weighted by Crippen LogP contribution is 2.43. The third kappa shape index (κ3) is 3.15. The Bertz CT molecular complexity index is 1330. The van der Waals surface area contributed by atoms with Gasteiger partial charge in [-0.2, -0.15) is 4.68 Å². The van der Waals surface area contributed by atoms with Gasteiger partial charge >= 0.3 is 5.76 Å². The summed E-state index contributed by atoms with van der Waals surface area (Å²) in [5, 5.41) is 4.13. The van der Waals surface area contributed by atoms with Crippen molar-refractivity contribution in [2.75, 3.05) is 0 Å². The fourth-order valence-corrected chi connectivity index (χ4v) is 4.06. The summed E-state index contributed by atoms with van der Waals surface area (Å²) in [6.45, 7) is 0.441. The highest BCUT2D eigenvalue weighted by molar-refractivity contribution is 6.16. The lowest BCUT2D eigenvalue weighted by atomic mass is 9.76. The molecule has 5 rings (SSSR count). The quantitative estimate of drug-likeness (QED) is 0.453. The number of hydrogen-bond donors (Lipinski definition) is 0. The van der Waals surface area contributed by atoms with Crippen LogP contribution >= 0.6 is 11.6 Å². The second-order valence-electron chi connectivity index (χ2n) is 7.61. The average Bonchev–Trinajstić information content (AvgIpc) is 3.27. The first kappa shape index (κ1) is 18.8. The van der Waals surface area contributed by atoms with E-state index >= 15 is 0 Å². The Kier molecular flexibility index (Phi) is 4.54. The van der Waals surface area contributed by atoms with E-state index in [0.717, 1.165) is 18.4 Å². The van der Waals surface area contributed by atoms with Gasteiger partial charge < -0.3 is 8.98 Å². The van der Waals surface area contributed by atoms with E-state index in [-0.39, 0.29) is 23.4 Å². The van der Waals surface area contributed by atoms with Crippen LogP contribution < -0.4 is 11.3 Å².